The van der Waals surface area contributed by atoms with Crippen molar-refractivity contribution in [3.63, 3.8) is 0 Å². The van der Waals surface area contributed by atoms with Crippen LogP contribution in [0.15, 0.2) is 24.3 Å². The van der Waals surface area contributed by atoms with Crippen molar-refractivity contribution in [1.82, 2.24) is 0 Å². The van der Waals surface area contributed by atoms with Gasteiger partial charge < -0.3 is 5.32 Å². The summed E-state index contributed by atoms with van der Waals surface area (Å²) in [6.45, 7) is 2.37. The Hall–Kier alpha value is -0.980. The molecule has 0 amide bonds. The molecule has 1 N–H and O–H groups in total. The predicted molar refractivity (Wildman–Crippen MR) is 64.3 cm³/mol. The quantitative estimate of drug-likeness (QED) is 0.671. The van der Waals surface area contributed by atoms with Crippen LogP contribution in [0.5, 0.6) is 0 Å². The average Bonchev–Trinajstić information content (AvgIpc) is 2.66. The molecule has 0 aromatic heterocycles. The van der Waals surface area contributed by atoms with Crippen molar-refractivity contribution in [2.24, 2.45) is 0 Å². The molecule has 1 heterocycles. The summed E-state index contributed by atoms with van der Waals surface area (Å²) in [6, 6.07) is 8.82. The van der Waals surface area contributed by atoms with Crippen molar-refractivity contribution in [2.75, 3.05) is 5.32 Å². The predicted octanol–water partition coefficient (Wildman–Crippen LogP) is 3.92. The Balaban J connectivity index is 1.98. The minimum atomic E-state index is 0.438. The third-order valence-electron chi connectivity index (χ3n) is 4.15. The van der Waals surface area contributed by atoms with Gasteiger partial charge in [0.15, 0.2) is 0 Å². The van der Waals surface area contributed by atoms with Gasteiger partial charge in [0.1, 0.15) is 0 Å². The molecule has 1 spiro atoms. The van der Waals surface area contributed by atoms with E-state index < -0.39 is 0 Å². The van der Waals surface area contributed by atoms with E-state index in [4.69, 9.17) is 0 Å². The van der Waals surface area contributed by atoms with Crippen LogP contribution in [0.1, 0.15) is 50.5 Å². The SMILES string of the molecule is CC1CC2(CCCC2)Nc2ccccc21. The van der Waals surface area contributed by atoms with E-state index >= 15 is 0 Å². The molecule has 1 aliphatic heterocycles. The van der Waals surface area contributed by atoms with Crippen molar-refractivity contribution in [2.45, 2.75) is 50.5 Å². The largest absolute Gasteiger partial charge is 0.379 e. The van der Waals surface area contributed by atoms with E-state index in [0.29, 0.717) is 5.54 Å². The van der Waals surface area contributed by atoms with Crippen LogP contribution in [-0.4, -0.2) is 5.54 Å². The molecule has 1 nitrogen and oxygen atoms in total. The third-order valence-corrected chi connectivity index (χ3v) is 4.15. The fourth-order valence-electron chi connectivity index (χ4n) is 3.45. The molecule has 3 rings (SSSR count). The van der Waals surface area contributed by atoms with E-state index in [1.807, 2.05) is 0 Å². The van der Waals surface area contributed by atoms with Crippen molar-refractivity contribution in [3.05, 3.63) is 29.8 Å². The number of fused-ring (bicyclic) bond motifs is 1. The first-order chi connectivity index (χ1) is 7.29. The zero-order chi connectivity index (χ0) is 10.3. The van der Waals surface area contributed by atoms with Crippen LogP contribution in [0.3, 0.4) is 0 Å². The van der Waals surface area contributed by atoms with Gasteiger partial charge in [-0.25, -0.2) is 0 Å². The number of hydrogen-bond donors (Lipinski definition) is 1. The van der Waals surface area contributed by atoms with Gasteiger partial charge in [-0.05, 0) is 36.8 Å². The standard InChI is InChI=1S/C14H19N/c1-11-10-14(8-4-5-9-14)15-13-7-3-2-6-12(11)13/h2-3,6-7,11,15H,4-5,8-10H2,1H3. The molecule has 1 fully saturated rings. The second-order valence-electron chi connectivity index (χ2n) is 5.30. The molecule has 1 aromatic rings. The lowest BCUT2D eigenvalue weighted by Crippen LogP contribution is -2.39. The van der Waals surface area contributed by atoms with Crippen molar-refractivity contribution in [3.8, 4) is 0 Å². The highest BCUT2D eigenvalue weighted by molar-refractivity contribution is 5.57. The van der Waals surface area contributed by atoms with Gasteiger partial charge in [0.25, 0.3) is 0 Å². The number of para-hydroxylation sites is 1. The summed E-state index contributed by atoms with van der Waals surface area (Å²) in [6.07, 6.45) is 6.87. The van der Waals surface area contributed by atoms with Crippen LogP contribution in [0.25, 0.3) is 0 Å². The van der Waals surface area contributed by atoms with Crippen LogP contribution in [0, 0.1) is 0 Å². The highest BCUT2D eigenvalue weighted by atomic mass is 15.0. The number of nitrogens with one attached hydrogen (secondary N) is 1. The minimum Gasteiger partial charge on any atom is -0.379 e. The fraction of sp³-hybridized carbons (Fsp3) is 0.571. The summed E-state index contributed by atoms with van der Waals surface area (Å²) in [5, 5.41) is 3.80. The van der Waals surface area contributed by atoms with Gasteiger partial charge in [0, 0.05) is 11.2 Å². The first-order valence-electron chi connectivity index (χ1n) is 6.16. The molecule has 0 saturated heterocycles. The van der Waals surface area contributed by atoms with Gasteiger partial charge in [-0.2, -0.15) is 0 Å². The van der Waals surface area contributed by atoms with E-state index in [9.17, 15) is 0 Å². The fourth-order valence-corrected chi connectivity index (χ4v) is 3.45. The van der Waals surface area contributed by atoms with Gasteiger partial charge in [-0.15, -0.1) is 0 Å². The molecule has 1 saturated carbocycles. The number of rotatable bonds is 0. The van der Waals surface area contributed by atoms with E-state index in [-0.39, 0.29) is 0 Å². The van der Waals surface area contributed by atoms with Crippen LogP contribution in [-0.2, 0) is 0 Å². The molecule has 0 bridgehead atoms. The lowest BCUT2D eigenvalue weighted by Gasteiger charge is -2.40. The Morgan fingerprint density at radius 2 is 1.93 bits per heavy atom. The summed E-state index contributed by atoms with van der Waals surface area (Å²) in [7, 11) is 0. The maximum atomic E-state index is 3.80. The molecule has 2 aliphatic rings. The Kier molecular flexibility index (Phi) is 2.01. The van der Waals surface area contributed by atoms with Gasteiger partial charge in [-0.3, -0.25) is 0 Å². The zero-order valence-electron chi connectivity index (χ0n) is 9.42. The third kappa shape index (κ3) is 1.45. The van der Waals surface area contributed by atoms with Crippen molar-refractivity contribution >= 4 is 5.69 Å². The second kappa shape index (κ2) is 3.26. The first kappa shape index (κ1) is 9.26. The molecular weight excluding hydrogens is 182 g/mol. The van der Waals surface area contributed by atoms with Crippen LogP contribution in [0.2, 0.25) is 0 Å². The molecule has 1 atom stereocenters. The number of anilines is 1. The van der Waals surface area contributed by atoms with E-state index in [1.165, 1.54) is 43.4 Å². The molecule has 15 heavy (non-hydrogen) atoms. The summed E-state index contributed by atoms with van der Waals surface area (Å²) in [5.74, 6) is 0.723. The number of hydrogen-bond acceptors (Lipinski definition) is 1. The molecule has 1 unspecified atom stereocenters. The summed E-state index contributed by atoms with van der Waals surface area (Å²) in [4.78, 5) is 0. The van der Waals surface area contributed by atoms with Gasteiger partial charge in [-0.1, -0.05) is 38.0 Å². The van der Waals surface area contributed by atoms with Crippen molar-refractivity contribution in [1.29, 1.82) is 0 Å². The molecule has 1 heteroatoms. The molecule has 0 radical (unpaired) electrons. The average molecular weight is 201 g/mol. The van der Waals surface area contributed by atoms with Crippen molar-refractivity contribution < 1.29 is 0 Å². The Morgan fingerprint density at radius 1 is 1.20 bits per heavy atom. The highest BCUT2D eigenvalue weighted by Gasteiger charge is 2.38. The second-order valence-corrected chi connectivity index (χ2v) is 5.30. The smallest absolute Gasteiger partial charge is 0.0379 e. The first-order valence-corrected chi connectivity index (χ1v) is 6.16. The summed E-state index contributed by atoms with van der Waals surface area (Å²) >= 11 is 0. The monoisotopic (exact) mass is 201 g/mol. The lowest BCUT2D eigenvalue weighted by atomic mass is 9.79. The normalized spacial score (nSPS) is 27.4. The van der Waals surface area contributed by atoms with Crippen LogP contribution >= 0.6 is 0 Å². The summed E-state index contributed by atoms with van der Waals surface area (Å²) in [5.41, 5.74) is 3.33. The topological polar surface area (TPSA) is 12.0 Å². The van der Waals surface area contributed by atoms with Crippen LogP contribution < -0.4 is 5.32 Å². The molecule has 1 aliphatic carbocycles. The highest BCUT2D eigenvalue weighted by Crippen LogP contribution is 2.45. The maximum absolute atomic E-state index is 3.80. The Bertz CT molecular complexity index is 363. The van der Waals surface area contributed by atoms with Gasteiger partial charge in [0.2, 0.25) is 0 Å². The molecule has 1 aromatic carbocycles. The van der Waals surface area contributed by atoms with E-state index in [2.05, 4.69) is 36.5 Å². The summed E-state index contributed by atoms with van der Waals surface area (Å²) < 4.78 is 0. The Labute approximate surface area is 91.9 Å². The molecule has 80 valence electrons. The van der Waals surface area contributed by atoms with Gasteiger partial charge in [0.05, 0.1) is 0 Å². The zero-order valence-corrected chi connectivity index (χ0v) is 9.42. The minimum absolute atomic E-state index is 0.438. The number of benzene rings is 1. The van der Waals surface area contributed by atoms with Crippen LogP contribution in [0.4, 0.5) is 5.69 Å². The Morgan fingerprint density at radius 3 is 2.73 bits per heavy atom. The van der Waals surface area contributed by atoms with E-state index in [1.54, 1.807) is 0 Å². The van der Waals surface area contributed by atoms with E-state index in [0.717, 1.165) is 5.92 Å². The van der Waals surface area contributed by atoms with Gasteiger partial charge >= 0.3 is 0 Å². The lowest BCUT2D eigenvalue weighted by molar-refractivity contribution is 0.396. The maximum Gasteiger partial charge on any atom is 0.0379 e. The molecular formula is C14H19N.